The van der Waals surface area contributed by atoms with Crippen molar-refractivity contribution < 1.29 is 27.4 Å². The molecule has 176 valence electrons. The van der Waals surface area contributed by atoms with Crippen LogP contribution < -0.4 is 9.47 Å². The van der Waals surface area contributed by atoms with Crippen LogP contribution in [-0.4, -0.2) is 33.4 Å². The van der Waals surface area contributed by atoms with Crippen molar-refractivity contribution in [2.75, 3.05) is 6.54 Å². The highest BCUT2D eigenvalue weighted by Crippen LogP contribution is 2.35. The first-order valence-corrected chi connectivity index (χ1v) is 11.2. The fourth-order valence-electron chi connectivity index (χ4n) is 2.76. The molecule has 0 aliphatic heterocycles. The lowest BCUT2D eigenvalue weighted by Gasteiger charge is -2.24. The molecule has 3 rings (SSSR count). The van der Waals surface area contributed by atoms with E-state index in [1.54, 1.807) is 30.2 Å². The molecule has 1 amide bonds. The van der Waals surface area contributed by atoms with Gasteiger partial charge in [-0.3, -0.25) is 4.79 Å². The molecule has 0 fully saturated rings. The van der Waals surface area contributed by atoms with Gasteiger partial charge < -0.3 is 14.4 Å². The van der Waals surface area contributed by atoms with Gasteiger partial charge in [0.15, 0.2) is 10.6 Å². The van der Waals surface area contributed by atoms with Crippen molar-refractivity contribution in [1.82, 2.24) is 14.9 Å². The van der Waals surface area contributed by atoms with Crippen molar-refractivity contribution >= 4 is 40.4 Å². The summed E-state index contributed by atoms with van der Waals surface area (Å²) >= 11 is 13.0. The summed E-state index contributed by atoms with van der Waals surface area (Å²) in [5, 5.41) is -0.272. The molecule has 0 unspecified atom stereocenters. The summed E-state index contributed by atoms with van der Waals surface area (Å²) in [5.41, 5.74) is -0.971. The Morgan fingerprint density at radius 2 is 1.82 bits per heavy atom. The third-order valence-electron chi connectivity index (χ3n) is 4.40. The van der Waals surface area contributed by atoms with Crippen LogP contribution in [-0.2, 0) is 17.5 Å². The van der Waals surface area contributed by atoms with E-state index in [0.29, 0.717) is 29.5 Å². The highest BCUT2D eigenvalue weighted by molar-refractivity contribution is 7.15. The van der Waals surface area contributed by atoms with Crippen LogP contribution in [0, 0.1) is 0 Å². The Morgan fingerprint density at radius 3 is 2.36 bits per heavy atom. The van der Waals surface area contributed by atoms with Gasteiger partial charge in [0.2, 0.25) is 5.88 Å². The number of rotatable bonds is 8. The number of thiazole rings is 1. The van der Waals surface area contributed by atoms with Crippen LogP contribution in [0.25, 0.3) is 0 Å². The zero-order chi connectivity index (χ0) is 24.2. The molecule has 0 aliphatic rings. The zero-order valence-electron chi connectivity index (χ0n) is 17.4. The van der Waals surface area contributed by atoms with Crippen LogP contribution in [0.3, 0.4) is 0 Å². The molecule has 0 aliphatic carbocycles. The highest BCUT2D eigenvalue weighted by Gasteiger charge is 2.32. The molecule has 0 spiro atoms. The van der Waals surface area contributed by atoms with Gasteiger partial charge in [-0.05, 0) is 44.2 Å². The molecule has 1 aromatic carbocycles. The third kappa shape index (κ3) is 6.72. The number of nitrogens with zero attached hydrogens (tertiary/aromatic N) is 3. The first kappa shape index (κ1) is 25.1. The van der Waals surface area contributed by atoms with Crippen LogP contribution in [0.2, 0.25) is 9.49 Å². The van der Waals surface area contributed by atoms with Crippen LogP contribution in [0.15, 0.2) is 42.7 Å². The number of aromatic nitrogens is 2. The zero-order valence-corrected chi connectivity index (χ0v) is 19.7. The van der Waals surface area contributed by atoms with Gasteiger partial charge in [0.1, 0.15) is 16.5 Å². The molecule has 0 saturated carbocycles. The molecular formula is C21H18Cl2F3N3O3S. The van der Waals surface area contributed by atoms with E-state index in [9.17, 15) is 18.0 Å². The van der Waals surface area contributed by atoms with Gasteiger partial charge >= 0.3 is 6.18 Å². The van der Waals surface area contributed by atoms with Gasteiger partial charge in [-0.25, -0.2) is 9.97 Å². The van der Waals surface area contributed by atoms with Crippen molar-refractivity contribution in [3.8, 4) is 17.4 Å². The molecule has 2 aromatic heterocycles. The Balaban J connectivity index is 1.61. The van der Waals surface area contributed by atoms with Gasteiger partial charge in [-0.1, -0.05) is 23.2 Å². The second-order valence-electron chi connectivity index (χ2n) is 6.77. The summed E-state index contributed by atoms with van der Waals surface area (Å²) in [5.74, 6) is 0.325. The number of carbonyl (C=O) groups excluding carboxylic acids is 1. The molecule has 0 bridgehead atoms. The van der Waals surface area contributed by atoms with E-state index in [-0.39, 0.29) is 22.6 Å². The maximum absolute atomic E-state index is 12.8. The molecule has 0 N–H and O–H groups in total. The maximum atomic E-state index is 12.8. The fourth-order valence-corrected chi connectivity index (χ4v) is 3.95. The number of benzene rings is 1. The number of hydrogen-bond donors (Lipinski definition) is 0. The van der Waals surface area contributed by atoms with Gasteiger partial charge in [0.05, 0.1) is 12.1 Å². The summed E-state index contributed by atoms with van der Waals surface area (Å²) < 4.78 is 49.8. The number of pyridine rings is 1. The molecular weight excluding hydrogens is 502 g/mol. The van der Waals surface area contributed by atoms with Crippen LogP contribution in [0.4, 0.5) is 13.2 Å². The average molecular weight is 520 g/mol. The van der Waals surface area contributed by atoms with E-state index in [2.05, 4.69) is 9.97 Å². The van der Waals surface area contributed by atoms with Crippen molar-refractivity contribution in [1.29, 1.82) is 0 Å². The minimum atomic E-state index is -4.55. The number of carbonyl (C=O) groups is 1. The number of amides is 1. The van der Waals surface area contributed by atoms with Crippen molar-refractivity contribution in [3.05, 3.63) is 62.7 Å². The topological polar surface area (TPSA) is 64.6 Å². The Bertz CT molecular complexity index is 1110. The number of halogens is 5. The summed E-state index contributed by atoms with van der Waals surface area (Å²) in [6.45, 7) is 4.36. The number of ether oxygens (including phenoxy) is 2. The normalized spacial score (nSPS) is 12.3. The average Bonchev–Trinajstić information content (AvgIpc) is 3.18. The number of likely N-dealkylation sites (N-methyl/N-ethyl adjacent to an activating group) is 1. The van der Waals surface area contributed by atoms with E-state index in [1.165, 1.54) is 23.5 Å². The van der Waals surface area contributed by atoms with Crippen LogP contribution in [0.1, 0.15) is 24.3 Å². The standard InChI is InChI=1S/C21H18Cl2F3N3O3S/c1-3-29(11-16-10-28-20(23)33-16)19(30)12(2)31-14-4-6-15(7-5-14)32-18-17(22)8-13(9-27-18)21(24,25)26/h4-10,12H,3,11H2,1-2H3/t12-/m1/s1. The van der Waals surface area contributed by atoms with Crippen molar-refractivity contribution in [2.45, 2.75) is 32.7 Å². The SMILES string of the molecule is CCN(Cc1cnc(Cl)s1)C(=O)[C@@H](C)Oc1ccc(Oc2ncc(C(F)(F)F)cc2Cl)cc1. The lowest BCUT2D eigenvalue weighted by Crippen LogP contribution is -2.39. The van der Waals surface area contributed by atoms with Crippen LogP contribution >= 0.6 is 34.5 Å². The summed E-state index contributed by atoms with van der Waals surface area (Å²) in [4.78, 5) is 22.9. The van der Waals surface area contributed by atoms with Gasteiger partial charge in [-0.2, -0.15) is 13.2 Å². The fraction of sp³-hybridized carbons (Fsp3) is 0.286. The van der Waals surface area contributed by atoms with Crippen LogP contribution in [0.5, 0.6) is 17.4 Å². The first-order chi connectivity index (χ1) is 15.6. The van der Waals surface area contributed by atoms with E-state index in [1.807, 2.05) is 6.92 Å². The Morgan fingerprint density at radius 1 is 1.15 bits per heavy atom. The van der Waals surface area contributed by atoms with E-state index in [0.717, 1.165) is 10.9 Å². The molecule has 1 atom stereocenters. The second-order valence-corrected chi connectivity index (χ2v) is 8.88. The molecule has 6 nitrogen and oxygen atoms in total. The Labute approximate surface area is 201 Å². The van der Waals surface area contributed by atoms with Gasteiger partial charge in [0, 0.05) is 23.8 Å². The van der Waals surface area contributed by atoms with Crippen molar-refractivity contribution in [3.63, 3.8) is 0 Å². The predicted molar refractivity (Wildman–Crippen MR) is 119 cm³/mol. The van der Waals surface area contributed by atoms with E-state index < -0.39 is 17.8 Å². The molecule has 0 saturated heterocycles. The molecule has 3 aromatic rings. The largest absolute Gasteiger partial charge is 0.481 e. The first-order valence-electron chi connectivity index (χ1n) is 9.63. The van der Waals surface area contributed by atoms with E-state index >= 15 is 0 Å². The minimum Gasteiger partial charge on any atom is -0.481 e. The molecule has 0 radical (unpaired) electrons. The summed E-state index contributed by atoms with van der Waals surface area (Å²) in [6.07, 6.45) is -3.04. The minimum absolute atomic E-state index is 0.163. The number of hydrogen-bond acceptors (Lipinski definition) is 6. The lowest BCUT2D eigenvalue weighted by atomic mass is 10.3. The quantitative estimate of drug-likeness (QED) is 0.341. The smallest absolute Gasteiger partial charge is 0.417 e. The maximum Gasteiger partial charge on any atom is 0.417 e. The lowest BCUT2D eigenvalue weighted by molar-refractivity contribution is -0.138. The van der Waals surface area contributed by atoms with Crippen molar-refractivity contribution in [2.24, 2.45) is 0 Å². The summed E-state index contributed by atoms with van der Waals surface area (Å²) in [7, 11) is 0. The highest BCUT2D eigenvalue weighted by atomic mass is 35.5. The molecule has 2 heterocycles. The second kappa shape index (κ2) is 10.6. The number of alkyl halides is 3. The molecule has 33 heavy (non-hydrogen) atoms. The third-order valence-corrected chi connectivity index (χ3v) is 5.77. The van der Waals surface area contributed by atoms with Gasteiger partial charge in [0.25, 0.3) is 5.91 Å². The Kier molecular flexibility index (Phi) is 8.04. The monoisotopic (exact) mass is 519 g/mol. The van der Waals surface area contributed by atoms with E-state index in [4.69, 9.17) is 32.7 Å². The molecule has 12 heteroatoms. The summed E-state index contributed by atoms with van der Waals surface area (Å²) in [6, 6.07) is 6.93. The Hall–Kier alpha value is -2.56. The van der Waals surface area contributed by atoms with Gasteiger partial charge in [-0.15, -0.1) is 11.3 Å². The predicted octanol–water partition coefficient (Wildman–Crippen LogP) is 6.47.